The van der Waals surface area contributed by atoms with Gasteiger partial charge in [0.2, 0.25) is 0 Å². The number of carbonyl (C=O) groups excluding carboxylic acids is 1. The van der Waals surface area contributed by atoms with Crippen molar-refractivity contribution in [3.05, 3.63) is 47.9 Å². The predicted molar refractivity (Wildman–Crippen MR) is 61.7 cm³/mol. The van der Waals surface area contributed by atoms with E-state index < -0.39 is 0 Å². The van der Waals surface area contributed by atoms with Gasteiger partial charge in [0, 0.05) is 18.4 Å². The Morgan fingerprint density at radius 3 is 2.65 bits per heavy atom. The number of amides is 1. The second-order valence-electron chi connectivity index (χ2n) is 3.51. The third-order valence-corrected chi connectivity index (χ3v) is 2.28. The molecule has 88 valence electrons. The molecule has 2 rings (SSSR count). The maximum absolute atomic E-state index is 11.6. The van der Waals surface area contributed by atoms with Crippen LogP contribution < -0.4 is 5.32 Å². The quantitative estimate of drug-likeness (QED) is 0.836. The minimum absolute atomic E-state index is 0.116. The summed E-state index contributed by atoms with van der Waals surface area (Å²) in [6.07, 6.45) is 1.96. The Kier molecular flexibility index (Phi) is 3.52. The van der Waals surface area contributed by atoms with E-state index in [-0.39, 0.29) is 18.2 Å². The van der Waals surface area contributed by atoms with E-state index in [1.165, 1.54) is 12.3 Å². The summed E-state index contributed by atoms with van der Waals surface area (Å²) in [4.78, 5) is 11.6. The van der Waals surface area contributed by atoms with E-state index in [1.807, 2.05) is 12.1 Å². The number of nitrogens with zero attached hydrogens (tertiary/aromatic N) is 1. The number of benzene rings is 1. The Bertz CT molecular complexity index is 477. The minimum Gasteiger partial charge on any atom is -0.396 e. The van der Waals surface area contributed by atoms with E-state index in [0.29, 0.717) is 12.1 Å². The summed E-state index contributed by atoms with van der Waals surface area (Å²) in [5, 5.41) is 15.0. The van der Waals surface area contributed by atoms with Gasteiger partial charge in [-0.1, -0.05) is 17.3 Å². The zero-order valence-electron chi connectivity index (χ0n) is 9.09. The van der Waals surface area contributed by atoms with Crippen LogP contribution in [0.2, 0.25) is 0 Å². The number of hydrogen-bond acceptors (Lipinski definition) is 4. The molecule has 0 aliphatic rings. The average Bonchev–Trinajstić information content (AvgIpc) is 2.86. The van der Waals surface area contributed by atoms with Crippen LogP contribution in [-0.2, 0) is 6.42 Å². The van der Waals surface area contributed by atoms with Crippen molar-refractivity contribution in [3.8, 4) is 0 Å². The second kappa shape index (κ2) is 5.27. The highest BCUT2D eigenvalue weighted by molar-refractivity contribution is 6.02. The van der Waals surface area contributed by atoms with Gasteiger partial charge >= 0.3 is 0 Å². The SMILES string of the molecule is O=C(Nc1ccc(CCO)cc1)c1ccon1. The highest BCUT2D eigenvalue weighted by Crippen LogP contribution is 2.11. The zero-order valence-corrected chi connectivity index (χ0v) is 9.09. The van der Waals surface area contributed by atoms with Gasteiger partial charge in [-0.3, -0.25) is 4.79 Å². The largest absolute Gasteiger partial charge is 0.396 e. The number of hydrogen-bond donors (Lipinski definition) is 2. The van der Waals surface area contributed by atoms with Crippen LogP contribution in [0.15, 0.2) is 41.1 Å². The lowest BCUT2D eigenvalue weighted by atomic mass is 10.1. The summed E-state index contributed by atoms with van der Waals surface area (Å²) in [6, 6.07) is 8.77. The second-order valence-corrected chi connectivity index (χ2v) is 3.51. The standard InChI is InChI=1S/C12H12N2O3/c15-7-5-9-1-3-10(4-2-9)13-12(16)11-6-8-17-14-11/h1-4,6,8,15H,5,7H2,(H,13,16). The Labute approximate surface area is 98.1 Å². The number of rotatable bonds is 4. The van der Waals surface area contributed by atoms with Crippen LogP contribution in [0, 0.1) is 0 Å². The third-order valence-electron chi connectivity index (χ3n) is 2.28. The van der Waals surface area contributed by atoms with E-state index in [2.05, 4.69) is 15.0 Å². The first-order chi connectivity index (χ1) is 8.29. The van der Waals surface area contributed by atoms with Crippen LogP contribution in [0.4, 0.5) is 5.69 Å². The van der Waals surface area contributed by atoms with E-state index >= 15 is 0 Å². The normalized spacial score (nSPS) is 10.2. The molecule has 0 aliphatic carbocycles. The van der Waals surface area contributed by atoms with Gasteiger partial charge in [-0.05, 0) is 24.1 Å². The lowest BCUT2D eigenvalue weighted by Crippen LogP contribution is -2.12. The maximum atomic E-state index is 11.6. The molecule has 1 aromatic carbocycles. The topological polar surface area (TPSA) is 75.4 Å². The summed E-state index contributed by atoms with van der Waals surface area (Å²) >= 11 is 0. The third kappa shape index (κ3) is 2.92. The molecule has 5 heteroatoms. The smallest absolute Gasteiger partial charge is 0.277 e. The molecule has 5 nitrogen and oxygen atoms in total. The molecular weight excluding hydrogens is 220 g/mol. The fraction of sp³-hybridized carbons (Fsp3) is 0.167. The van der Waals surface area contributed by atoms with Crippen LogP contribution in [0.3, 0.4) is 0 Å². The lowest BCUT2D eigenvalue weighted by Gasteiger charge is -2.04. The van der Waals surface area contributed by atoms with Crippen LogP contribution in [0.25, 0.3) is 0 Å². The van der Waals surface area contributed by atoms with Gasteiger partial charge in [-0.25, -0.2) is 0 Å². The predicted octanol–water partition coefficient (Wildman–Crippen LogP) is 1.46. The van der Waals surface area contributed by atoms with Gasteiger partial charge in [0.25, 0.3) is 5.91 Å². The first-order valence-electron chi connectivity index (χ1n) is 5.21. The summed E-state index contributed by atoms with van der Waals surface area (Å²) in [5.74, 6) is -0.311. The van der Waals surface area contributed by atoms with Crippen LogP contribution in [0.5, 0.6) is 0 Å². The van der Waals surface area contributed by atoms with Crippen molar-refractivity contribution in [2.75, 3.05) is 11.9 Å². The summed E-state index contributed by atoms with van der Waals surface area (Å²) < 4.78 is 4.59. The molecule has 0 saturated heterocycles. The molecule has 0 saturated carbocycles. The molecular formula is C12H12N2O3. The summed E-state index contributed by atoms with van der Waals surface area (Å²) in [5.41, 5.74) is 1.94. The molecule has 0 radical (unpaired) electrons. The van der Waals surface area contributed by atoms with Crippen LogP contribution >= 0.6 is 0 Å². The fourth-order valence-corrected chi connectivity index (χ4v) is 1.41. The lowest BCUT2D eigenvalue weighted by molar-refractivity contribution is 0.101. The first kappa shape index (κ1) is 11.3. The molecule has 0 fully saturated rings. The molecule has 0 atom stereocenters. The molecule has 0 unspecified atom stereocenters. The van der Waals surface area contributed by atoms with Crippen molar-refractivity contribution in [2.45, 2.75) is 6.42 Å². The van der Waals surface area contributed by atoms with Gasteiger partial charge in [-0.15, -0.1) is 0 Å². The van der Waals surface area contributed by atoms with E-state index in [0.717, 1.165) is 5.56 Å². The monoisotopic (exact) mass is 232 g/mol. The maximum Gasteiger partial charge on any atom is 0.277 e. The molecule has 1 heterocycles. The van der Waals surface area contributed by atoms with Gasteiger partial charge in [0.05, 0.1) is 0 Å². The number of anilines is 1. The Morgan fingerprint density at radius 2 is 2.06 bits per heavy atom. The number of aromatic nitrogens is 1. The van der Waals surface area contributed by atoms with Crippen molar-refractivity contribution in [3.63, 3.8) is 0 Å². The fourth-order valence-electron chi connectivity index (χ4n) is 1.41. The van der Waals surface area contributed by atoms with Gasteiger partial charge in [0.1, 0.15) is 6.26 Å². The molecule has 2 N–H and O–H groups in total. The van der Waals surface area contributed by atoms with Gasteiger partial charge in [0.15, 0.2) is 5.69 Å². The molecule has 0 spiro atoms. The highest BCUT2D eigenvalue weighted by Gasteiger charge is 2.08. The average molecular weight is 232 g/mol. The molecule has 0 aliphatic heterocycles. The van der Waals surface area contributed by atoms with Crippen LogP contribution in [0.1, 0.15) is 16.1 Å². The minimum atomic E-state index is -0.311. The molecule has 17 heavy (non-hydrogen) atoms. The summed E-state index contributed by atoms with van der Waals surface area (Å²) in [7, 11) is 0. The van der Waals surface area contributed by atoms with Gasteiger partial charge in [-0.2, -0.15) is 0 Å². The number of aliphatic hydroxyl groups is 1. The van der Waals surface area contributed by atoms with Crippen LogP contribution in [-0.4, -0.2) is 22.8 Å². The van der Waals surface area contributed by atoms with Gasteiger partial charge < -0.3 is 14.9 Å². The first-order valence-corrected chi connectivity index (χ1v) is 5.21. The highest BCUT2D eigenvalue weighted by atomic mass is 16.5. The Morgan fingerprint density at radius 1 is 1.29 bits per heavy atom. The van der Waals surface area contributed by atoms with E-state index in [4.69, 9.17) is 5.11 Å². The van der Waals surface area contributed by atoms with Crippen molar-refractivity contribution in [2.24, 2.45) is 0 Å². The number of carbonyl (C=O) groups is 1. The molecule has 0 bridgehead atoms. The number of aliphatic hydroxyl groups excluding tert-OH is 1. The molecule has 2 aromatic rings. The van der Waals surface area contributed by atoms with Crippen molar-refractivity contribution in [1.82, 2.24) is 5.16 Å². The molecule has 1 aromatic heterocycles. The Balaban J connectivity index is 2.01. The number of nitrogens with one attached hydrogen (secondary N) is 1. The van der Waals surface area contributed by atoms with Crippen molar-refractivity contribution < 1.29 is 14.4 Å². The Hall–Kier alpha value is -2.14. The van der Waals surface area contributed by atoms with E-state index in [9.17, 15) is 4.79 Å². The zero-order chi connectivity index (χ0) is 12.1. The van der Waals surface area contributed by atoms with E-state index in [1.54, 1.807) is 12.1 Å². The summed E-state index contributed by atoms with van der Waals surface area (Å²) in [6.45, 7) is 0.116. The van der Waals surface area contributed by atoms with Crippen molar-refractivity contribution in [1.29, 1.82) is 0 Å². The molecule has 1 amide bonds. The van der Waals surface area contributed by atoms with Crippen molar-refractivity contribution >= 4 is 11.6 Å².